The van der Waals surface area contributed by atoms with E-state index in [9.17, 15) is 4.79 Å². The van der Waals surface area contributed by atoms with E-state index in [1.54, 1.807) is 6.92 Å². The first-order chi connectivity index (χ1) is 7.16. The Morgan fingerprint density at radius 2 is 2.07 bits per heavy atom. The van der Waals surface area contributed by atoms with Crippen LogP contribution >= 0.6 is 0 Å². The van der Waals surface area contributed by atoms with Crippen LogP contribution < -0.4 is 5.32 Å². The Morgan fingerprint density at radius 3 is 2.67 bits per heavy atom. The van der Waals surface area contributed by atoms with Crippen molar-refractivity contribution in [3.63, 3.8) is 0 Å². The molecule has 0 saturated carbocycles. The number of hydrogen-bond donors (Lipinski definition) is 1. The number of carbonyl (C=O) groups is 1. The highest BCUT2D eigenvalue weighted by molar-refractivity contribution is 5.70. The first-order valence-corrected chi connectivity index (χ1v) is 5.60. The summed E-state index contributed by atoms with van der Waals surface area (Å²) in [5, 5.41) is 3.31. The standard InChI is InChI=1S/C11H21NO3/c1-3-15-10(13)8-14-9-11(2)4-6-12-7-5-11/h12H,3-9H2,1-2H3. The molecule has 4 heteroatoms. The molecule has 0 aromatic heterocycles. The van der Waals surface area contributed by atoms with E-state index in [-0.39, 0.29) is 18.0 Å². The highest BCUT2D eigenvalue weighted by Crippen LogP contribution is 2.27. The second kappa shape index (κ2) is 6.08. The molecule has 0 spiro atoms. The monoisotopic (exact) mass is 215 g/mol. The van der Waals surface area contributed by atoms with Gasteiger partial charge in [0.15, 0.2) is 0 Å². The fourth-order valence-corrected chi connectivity index (χ4v) is 1.76. The van der Waals surface area contributed by atoms with Crippen LogP contribution in [0, 0.1) is 5.41 Å². The maximum absolute atomic E-state index is 11.0. The zero-order chi connectivity index (χ0) is 11.1. The molecule has 4 nitrogen and oxygen atoms in total. The van der Waals surface area contributed by atoms with Crippen LogP contribution in [0.25, 0.3) is 0 Å². The molecule has 1 N–H and O–H groups in total. The SMILES string of the molecule is CCOC(=O)COCC1(C)CCNCC1. The van der Waals surface area contributed by atoms with E-state index in [2.05, 4.69) is 12.2 Å². The van der Waals surface area contributed by atoms with Gasteiger partial charge in [-0.2, -0.15) is 0 Å². The average Bonchev–Trinajstić information content (AvgIpc) is 2.19. The molecule has 0 aromatic carbocycles. The summed E-state index contributed by atoms with van der Waals surface area (Å²) < 4.78 is 10.2. The van der Waals surface area contributed by atoms with Crippen molar-refractivity contribution in [3.05, 3.63) is 0 Å². The summed E-state index contributed by atoms with van der Waals surface area (Å²) in [5.41, 5.74) is 0.220. The summed E-state index contributed by atoms with van der Waals surface area (Å²) in [4.78, 5) is 11.0. The Labute approximate surface area is 91.3 Å². The second-order valence-electron chi connectivity index (χ2n) is 4.36. The third-order valence-corrected chi connectivity index (χ3v) is 2.79. The lowest BCUT2D eigenvalue weighted by molar-refractivity contribution is -0.149. The van der Waals surface area contributed by atoms with E-state index in [1.165, 1.54) is 0 Å². The van der Waals surface area contributed by atoms with E-state index >= 15 is 0 Å². The quantitative estimate of drug-likeness (QED) is 0.694. The van der Waals surface area contributed by atoms with E-state index in [0.29, 0.717) is 13.2 Å². The third kappa shape index (κ3) is 4.62. The largest absolute Gasteiger partial charge is 0.464 e. The zero-order valence-electron chi connectivity index (χ0n) is 9.67. The molecule has 1 aliphatic rings. The third-order valence-electron chi connectivity index (χ3n) is 2.79. The summed E-state index contributed by atoms with van der Waals surface area (Å²) >= 11 is 0. The number of nitrogens with one attached hydrogen (secondary N) is 1. The molecule has 1 fully saturated rings. The van der Waals surface area contributed by atoms with Crippen molar-refractivity contribution in [3.8, 4) is 0 Å². The van der Waals surface area contributed by atoms with Crippen LogP contribution in [0.4, 0.5) is 0 Å². The van der Waals surface area contributed by atoms with Gasteiger partial charge in [-0.25, -0.2) is 4.79 Å². The summed E-state index contributed by atoms with van der Waals surface area (Å²) in [6.07, 6.45) is 2.21. The van der Waals surface area contributed by atoms with Gasteiger partial charge in [0.2, 0.25) is 0 Å². The second-order valence-corrected chi connectivity index (χ2v) is 4.36. The molecule has 1 rings (SSSR count). The number of esters is 1. The summed E-state index contributed by atoms with van der Waals surface area (Å²) in [6.45, 7) is 7.23. The van der Waals surface area contributed by atoms with Crippen molar-refractivity contribution in [2.75, 3.05) is 32.9 Å². The van der Waals surface area contributed by atoms with Crippen molar-refractivity contribution >= 4 is 5.97 Å². The Hall–Kier alpha value is -0.610. The van der Waals surface area contributed by atoms with E-state index < -0.39 is 0 Å². The first-order valence-electron chi connectivity index (χ1n) is 5.60. The minimum atomic E-state index is -0.268. The molecule has 1 heterocycles. The molecule has 0 aliphatic carbocycles. The molecule has 1 aliphatic heterocycles. The molecular weight excluding hydrogens is 194 g/mol. The number of hydrogen-bond acceptors (Lipinski definition) is 4. The van der Waals surface area contributed by atoms with Crippen molar-refractivity contribution in [1.29, 1.82) is 0 Å². The highest BCUT2D eigenvalue weighted by atomic mass is 16.6. The first kappa shape index (κ1) is 12.5. The number of rotatable bonds is 5. The van der Waals surface area contributed by atoms with E-state index in [4.69, 9.17) is 9.47 Å². The molecule has 0 amide bonds. The summed E-state index contributed by atoms with van der Waals surface area (Å²) in [6, 6.07) is 0. The van der Waals surface area contributed by atoms with Crippen molar-refractivity contribution in [1.82, 2.24) is 5.32 Å². The predicted octanol–water partition coefficient (Wildman–Crippen LogP) is 0.956. The lowest BCUT2D eigenvalue weighted by Crippen LogP contribution is -2.38. The Kier molecular flexibility index (Phi) is 5.05. The molecule has 15 heavy (non-hydrogen) atoms. The smallest absolute Gasteiger partial charge is 0.332 e. The topological polar surface area (TPSA) is 47.6 Å². The molecular formula is C11H21NO3. The van der Waals surface area contributed by atoms with Gasteiger partial charge in [-0.05, 0) is 38.3 Å². The van der Waals surface area contributed by atoms with Crippen LogP contribution in [-0.4, -0.2) is 38.9 Å². The maximum atomic E-state index is 11.0. The van der Waals surface area contributed by atoms with Gasteiger partial charge in [0.05, 0.1) is 13.2 Å². The van der Waals surface area contributed by atoms with Gasteiger partial charge in [0.1, 0.15) is 6.61 Å². The van der Waals surface area contributed by atoms with E-state index in [1.807, 2.05) is 0 Å². The van der Waals surface area contributed by atoms with E-state index in [0.717, 1.165) is 25.9 Å². The van der Waals surface area contributed by atoms with Crippen LogP contribution in [0.3, 0.4) is 0 Å². The zero-order valence-corrected chi connectivity index (χ0v) is 9.67. The number of ether oxygens (including phenoxy) is 2. The minimum Gasteiger partial charge on any atom is -0.464 e. The molecule has 88 valence electrons. The molecule has 0 atom stereocenters. The molecule has 1 saturated heterocycles. The lowest BCUT2D eigenvalue weighted by Gasteiger charge is -2.33. The molecule has 0 aromatic rings. The molecule has 0 unspecified atom stereocenters. The summed E-state index contributed by atoms with van der Waals surface area (Å²) in [5.74, 6) is -0.268. The average molecular weight is 215 g/mol. The van der Waals surface area contributed by atoms with Crippen LogP contribution in [0.2, 0.25) is 0 Å². The van der Waals surface area contributed by atoms with Crippen molar-refractivity contribution < 1.29 is 14.3 Å². The molecule has 0 bridgehead atoms. The van der Waals surface area contributed by atoms with Gasteiger partial charge < -0.3 is 14.8 Å². The summed E-state index contributed by atoms with van der Waals surface area (Å²) in [7, 11) is 0. The number of carbonyl (C=O) groups excluding carboxylic acids is 1. The van der Waals surface area contributed by atoms with Gasteiger partial charge in [0, 0.05) is 0 Å². The lowest BCUT2D eigenvalue weighted by atomic mass is 9.82. The fourth-order valence-electron chi connectivity index (χ4n) is 1.76. The van der Waals surface area contributed by atoms with Crippen LogP contribution in [0.15, 0.2) is 0 Å². The van der Waals surface area contributed by atoms with Crippen molar-refractivity contribution in [2.45, 2.75) is 26.7 Å². The normalized spacial score (nSPS) is 19.9. The van der Waals surface area contributed by atoms with Gasteiger partial charge >= 0.3 is 5.97 Å². The Bertz CT molecular complexity index is 200. The van der Waals surface area contributed by atoms with Gasteiger partial charge in [-0.1, -0.05) is 6.92 Å². The predicted molar refractivity (Wildman–Crippen MR) is 57.7 cm³/mol. The van der Waals surface area contributed by atoms with Gasteiger partial charge in [-0.15, -0.1) is 0 Å². The minimum absolute atomic E-state index is 0.0802. The molecule has 0 radical (unpaired) electrons. The van der Waals surface area contributed by atoms with Gasteiger partial charge in [0.25, 0.3) is 0 Å². The fraction of sp³-hybridized carbons (Fsp3) is 0.909. The highest BCUT2D eigenvalue weighted by Gasteiger charge is 2.27. The van der Waals surface area contributed by atoms with Crippen LogP contribution in [0.5, 0.6) is 0 Å². The number of piperidine rings is 1. The van der Waals surface area contributed by atoms with Crippen molar-refractivity contribution in [2.24, 2.45) is 5.41 Å². The Morgan fingerprint density at radius 1 is 1.40 bits per heavy atom. The van der Waals surface area contributed by atoms with Crippen LogP contribution in [-0.2, 0) is 14.3 Å². The van der Waals surface area contributed by atoms with Gasteiger partial charge in [-0.3, -0.25) is 0 Å². The Balaban J connectivity index is 2.15. The maximum Gasteiger partial charge on any atom is 0.332 e. The van der Waals surface area contributed by atoms with Crippen LogP contribution in [0.1, 0.15) is 26.7 Å².